The highest BCUT2D eigenvalue weighted by Gasteiger charge is 2.22. The highest BCUT2D eigenvalue weighted by atomic mass is 16.5. The smallest absolute Gasteiger partial charge is 0.0784 e. The average molecular weight is 215 g/mol. The van der Waals surface area contributed by atoms with Crippen molar-refractivity contribution in [2.75, 3.05) is 20.3 Å². The van der Waals surface area contributed by atoms with Crippen molar-refractivity contribution in [2.45, 2.75) is 57.8 Å². The summed E-state index contributed by atoms with van der Waals surface area (Å²) in [6.07, 6.45) is 5.55. The molecule has 0 radical (unpaired) electrons. The van der Waals surface area contributed by atoms with E-state index in [0.29, 0.717) is 18.8 Å². The molecule has 3 nitrogen and oxygen atoms in total. The minimum atomic E-state index is 0.232. The van der Waals surface area contributed by atoms with Crippen LogP contribution in [-0.2, 0) is 9.47 Å². The predicted octanol–water partition coefficient (Wildman–Crippen LogP) is 1.96. The summed E-state index contributed by atoms with van der Waals surface area (Å²) in [4.78, 5) is 0. The van der Waals surface area contributed by atoms with E-state index in [1.807, 2.05) is 0 Å². The van der Waals surface area contributed by atoms with Gasteiger partial charge in [-0.2, -0.15) is 0 Å². The molecule has 3 heteroatoms. The molecule has 1 saturated carbocycles. The van der Waals surface area contributed by atoms with Gasteiger partial charge in [-0.1, -0.05) is 6.92 Å². The molecule has 0 heterocycles. The van der Waals surface area contributed by atoms with E-state index in [0.717, 1.165) is 6.54 Å². The molecule has 15 heavy (non-hydrogen) atoms. The van der Waals surface area contributed by atoms with Crippen molar-refractivity contribution in [3.05, 3.63) is 0 Å². The van der Waals surface area contributed by atoms with Gasteiger partial charge in [0.15, 0.2) is 0 Å². The Morgan fingerprint density at radius 3 is 2.47 bits per heavy atom. The van der Waals surface area contributed by atoms with E-state index in [9.17, 15) is 0 Å². The largest absolute Gasteiger partial charge is 0.382 e. The van der Waals surface area contributed by atoms with Crippen LogP contribution in [0.25, 0.3) is 0 Å². The Morgan fingerprint density at radius 1 is 1.27 bits per heavy atom. The number of ether oxygens (including phenoxy) is 2. The molecular weight excluding hydrogens is 190 g/mol. The minimum Gasteiger partial charge on any atom is -0.382 e. The first kappa shape index (κ1) is 12.9. The van der Waals surface area contributed by atoms with E-state index in [2.05, 4.69) is 19.2 Å². The maximum Gasteiger partial charge on any atom is 0.0784 e. The molecule has 1 unspecified atom stereocenters. The lowest BCUT2D eigenvalue weighted by molar-refractivity contribution is -0.0544. The number of nitrogens with one attached hydrogen (secondary N) is 1. The SMILES string of the molecule is CCNC1CCC(OC(C)COC)CC1. The summed E-state index contributed by atoms with van der Waals surface area (Å²) < 4.78 is 11.0. The summed E-state index contributed by atoms with van der Waals surface area (Å²) in [5.74, 6) is 0. The number of hydrogen-bond donors (Lipinski definition) is 1. The molecule has 1 rings (SSSR count). The zero-order valence-electron chi connectivity index (χ0n) is 10.3. The molecule has 90 valence electrons. The Bertz CT molecular complexity index is 156. The van der Waals surface area contributed by atoms with Crippen LogP contribution in [0.3, 0.4) is 0 Å². The fourth-order valence-corrected chi connectivity index (χ4v) is 2.29. The van der Waals surface area contributed by atoms with Crippen LogP contribution in [0, 0.1) is 0 Å². The Balaban J connectivity index is 2.14. The standard InChI is InChI=1S/C12H25NO2/c1-4-13-11-5-7-12(8-6-11)15-10(2)9-14-3/h10-13H,4-9H2,1-3H3. The van der Waals surface area contributed by atoms with Crippen molar-refractivity contribution in [1.82, 2.24) is 5.32 Å². The lowest BCUT2D eigenvalue weighted by Crippen LogP contribution is -2.36. The Morgan fingerprint density at radius 2 is 1.93 bits per heavy atom. The fraction of sp³-hybridized carbons (Fsp3) is 1.00. The summed E-state index contributed by atoms with van der Waals surface area (Å²) in [5, 5.41) is 3.50. The molecule has 1 fully saturated rings. The summed E-state index contributed by atoms with van der Waals surface area (Å²) in [5.41, 5.74) is 0. The summed E-state index contributed by atoms with van der Waals surface area (Å²) in [6.45, 7) is 6.03. The van der Waals surface area contributed by atoms with Crippen LogP contribution in [0.1, 0.15) is 39.5 Å². The monoisotopic (exact) mass is 215 g/mol. The molecule has 0 aliphatic heterocycles. The molecule has 1 aliphatic carbocycles. The van der Waals surface area contributed by atoms with Crippen LogP contribution in [-0.4, -0.2) is 38.5 Å². The molecule has 1 aliphatic rings. The van der Waals surface area contributed by atoms with Crippen LogP contribution < -0.4 is 5.32 Å². The molecule has 0 aromatic rings. The second-order valence-electron chi connectivity index (χ2n) is 4.43. The molecular formula is C12H25NO2. The number of hydrogen-bond acceptors (Lipinski definition) is 3. The summed E-state index contributed by atoms with van der Waals surface area (Å²) in [7, 11) is 1.72. The van der Waals surface area contributed by atoms with E-state index < -0.39 is 0 Å². The molecule has 0 spiro atoms. The number of methoxy groups -OCH3 is 1. The van der Waals surface area contributed by atoms with Gasteiger partial charge in [-0.3, -0.25) is 0 Å². The van der Waals surface area contributed by atoms with E-state index in [1.165, 1.54) is 25.7 Å². The molecule has 1 atom stereocenters. The van der Waals surface area contributed by atoms with Gasteiger partial charge in [0, 0.05) is 13.2 Å². The maximum atomic E-state index is 5.91. The van der Waals surface area contributed by atoms with Crippen LogP contribution in [0.4, 0.5) is 0 Å². The molecule has 0 amide bonds. The van der Waals surface area contributed by atoms with Crippen LogP contribution in [0.2, 0.25) is 0 Å². The molecule has 1 N–H and O–H groups in total. The van der Waals surface area contributed by atoms with Gasteiger partial charge in [-0.05, 0) is 39.2 Å². The van der Waals surface area contributed by atoms with Crippen molar-refractivity contribution >= 4 is 0 Å². The Kier molecular flexibility index (Phi) is 6.22. The maximum absolute atomic E-state index is 5.91. The zero-order chi connectivity index (χ0) is 11.1. The minimum absolute atomic E-state index is 0.232. The topological polar surface area (TPSA) is 30.5 Å². The molecule has 0 aromatic carbocycles. The summed E-state index contributed by atoms with van der Waals surface area (Å²) >= 11 is 0. The highest BCUT2D eigenvalue weighted by molar-refractivity contribution is 4.77. The predicted molar refractivity (Wildman–Crippen MR) is 62.1 cm³/mol. The zero-order valence-corrected chi connectivity index (χ0v) is 10.3. The summed E-state index contributed by atoms with van der Waals surface area (Å²) in [6, 6.07) is 0.715. The van der Waals surface area contributed by atoms with E-state index in [1.54, 1.807) is 7.11 Å². The molecule has 0 bridgehead atoms. The van der Waals surface area contributed by atoms with Gasteiger partial charge in [-0.25, -0.2) is 0 Å². The van der Waals surface area contributed by atoms with E-state index >= 15 is 0 Å². The first-order valence-electron chi connectivity index (χ1n) is 6.14. The van der Waals surface area contributed by atoms with Gasteiger partial charge in [0.1, 0.15) is 0 Å². The Labute approximate surface area is 93.5 Å². The van der Waals surface area contributed by atoms with Crippen LogP contribution in [0.15, 0.2) is 0 Å². The van der Waals surface area contributed by atoms with Gasteiger partial charge in [0.05, 0.1) is 18.8 Å². The van der Waals surface area contributed by atoms with Gasteiger partial charge in [-0.15, -0.1) is 0 Å². The van der Waals surface area contributed by atoms with Crippen molar-refractivity contribution < 1.29 is 9.47 Å². The third kappa shape index (κ3) is 4.96. The van der Waals surface area contributed by atoms with Gasteiger partial charge in [0.2, 0.25) is 0 Å². The molecule has 0 saturated heterocycles. The third-order valence-electron chi connectivity index (χ3n) is 2.99. The lowest BCUT2D eigenvalue weighted by Gasteiger charge is -2.30. The fourth-order valence-electron chi connectivity index (χ4n) is 2.29. The second-order valence-corrected chi connectivity index (χ2v) is 4.43. The van der Waals surface area contributed by atoms with E-state index in [4.69, 9.17) is 9.47 Å². The number of rotatable bonds is 6. The van der Waals surface area contributed by atoms with Crippen molar-refractivity contribution in [1.29, 1.82) is 0 Å². The highest BCUT2D eigenvalue weighted by Crippen LogP contribution is 2.22. The van der Waals surface area contributed by atoms with Crippen LogP contribution in [0.5, 0.6) is 0 Å². The van der Waals surface area contributed by atoms with Gasteiger partial charge < -0.3 is 14.8 Å². The van der Waals surface area contributed by atoms with Crippen molar-refractivity contribution in [3.8, 4) is 0 Å². The van der Waals surface area contributed by atoms with Gasteiger partial charge >= 0.3 is 0 Å². The van der Waals surface area contributed by atoms with Crippen LogP contribution >= 0.6 is 0 Å². The normalized spacial score (nSPS) is 29.0. The third-order valence-corrected chi connectivity index (χ3v) is 2.99. The average Bonchev–Trinajstić information content (AvgIpc) is 2.22. The quantitative estimate of drug-likeness (QED) is 0.734. The first-order chi connectivity index (χ1) is 7.26. The first-order valence-corrected chi connectivity index (χ1v) is 6.14. The second kappa shape index (κ2) is 7.20. The molecule has 0 aromatic heterocycles. The van der Waals surface area contributed by atoms with Gasteiger partial charge in [0.25, 0.3) is 0 Å². The van der Waals surface area contributed by atoms with Crippen molar-refractivity contribution in [3.63, 3.8) is 0 Å². The Hall–Kier alpha value is -0.120. The lowest BCUT2D eigenvalue weighted by atomic mass is 9.93. The van der Waals surface area contributed by atoms with E-state index in [-0.39, 0.29) is 6.10 Å². The van der Waals surface area contributed by atoms with Crippen molar-refractivity contribution in [2.24, 2.45) is 0 Å².